The molecule has 106 valence electrons. The SMILES string of the molecule is CCc1cc(C)c(Cc2ccccc2)c(CC)c1CC. The Hall–Kier alpha value is -1.56. The molecule has 0 spiro atoms. The molecule has 2 aromatic carbocycles. The summed E-state index contributed by atoms with van der Waals surface area (Å²) >= 11 is 0. The molecule has 0 radical (unpaired) electrons. The van der Waals surface area contributed by atoms with Gasteiger partial charge >= 0.3 is 0 Å². The lowest BCUT2D eigenvalue weighted by molar-refractivity contribution is 0.942. The van der Waals surface area contributed by atoms with Crippen LogP contribution in [0.1, 0.15) is 54.2 Å². The molecular weight excluding hydrogens is 240 g/mol. The summed E-state index contributed by atoms with van der Waals surface area (Å²) in [5.74, 6) is 0. The van der Waals surface area contributed by atoms with Gasteiger partial charge in [0.1, 0.15) is 0 Å². The number of aryl methyl sites for hydroxylation is 2. The molecule has 0 amide bonds. The molecule has 0 fully saturated rings. The van der Waals surface area contributed by atoms with E-state index in [1.165, 1.54) is 11.1 Å². The summed E-state index contributed by atoms with van der Waals surface area (Å²) in [6.07, 6.45) is 4.49. The van der Waals surface area contributed by atoms with Gasteiger partial charge in [-0.1, -0.05) is 57.2 Å². The second-order valence-electron chi connectivity index (χ2n) is 5.51. The first-order valence-electron chi connectivity index (χ1n) is 7.88. The van der Waals surface area contributed by atoms with Gasteiger partial charge in [0.15, 0.2) is 0 Å². The lowest BCUT2D eigenvalue weighted by Crippen LogP contribution is -2.06. The minimum absolute atomic E-state index is 1.06. The molecule has 0 unspecified atom stereocenters. The van der Waals surface area contributed by atoms with Gasteiger partial charge in [-0.05, 0) is 66.0 Å². The highest BCUT2D eigenvalue weighted by Gasteiger charge is 2.13. The van der Waals surface area contributed by atoms with Gasteiger partial charge in [-0.15, -0.1) is 0 Å². The quantitative estimate of drug-likeness (QED) is 0.691. The van der Waals surface area contributed by atoms with E-state index in [0.717, 1.165) is 25.7 Å². The molecule has 0 nitrogen and oxygen atoms in total. The summed E-state index contributed by atoms with van der Waals surface area (Å²) in [5.41, 5.74) is 9.14. The van der Waals surface area contributed by atoms with E-state index in [4.69, 9.17) is 0 Å². The Morgan fingerprint density at radius 3 is 1.95 bits per heavy atom. The molecule has 0 bridgehead atoms. The first-order valence-corrected chi connectivity index (χ1v) is 7.88. The zero-order chi connectivity index (χ0) is 14.5. The van der Waals surface area contributed by atoms with E-state index < -0.39 is 0 Å². The molecule has 0 heteroatoms. The van der Waals surface area contributed by atoms with E-state index in [0.29, 0.717) is 0 Å². The normalized spacial score (nSPS) is 10.8. The van der Waals surface area contributed by atoms with Crippen molar-refractivity contribution in [2.45, 2.75) is 53.4 Å². The number of benzene rings is 2. The van der Waals surface area contributed by atoms with Crippen LogP contribution in [0.2, 0.25) is 0 Å². The maximum absolute atomic E-state index is 2.41. The van der Waals surface area contributed by atoms with Crippen LogP contribution in [-0.2, 0) is 25.7 Å². The molecule has 0 aliphatic carbocycles. The number of hydrogen-bond acceptors (Lipinski definition) is 0. The Balaban J connectivity index is 2.52. The van der Waals surface area contributed by atoms with E-state index in [-0.39, 0.29) is 0 Å². The van der Waals surface area contributed by atoms with Crippen molar-refractivity contribution in [3.63, 3.8) is 0 Å². The average molecular weight is 266 g/mol. The Labute approximate surface area is 123 Å². The lowest BCUT2D eigenvalue weighted by Gasteiger charge is -2.19. The monoisotopic (exact) mass is 266 g/mol. The van der Waals surface area contributed by atoms with Crippen molar-refractivity contribution in [3.8, 4) is 0 Å². The minimum Gasteiger partial charge on any atom is -0.0622 e. The van der Waals surface area contributed by atoms with E-state index in [1.54, 1.807) is 22.3 Å². The van der Waals surface area contributed by atoms with E-state index >= 15 is 0 Å². The van der Waals surface area contributed by atoms with Gasteiger partial charge in [-0.3, -0.25) is 0 Å². The van der Waals surface area contributed by atoms with Crippen LogP contribution in [0, 0.1) is 6.92 Å². The zero-order valence-electron chi connectivity index (χ0n) is 13.3. The lowest BCUT2D eigenvalue weighted by atomic mass is 9.86. The summed E-state index contributed by atoms with van der Waals surface area (Å²) in [5, 5.41) is 0. The number of rotatable bonds is 5. The molecule has 0 saturated heterocycles. The molecule has 20 heavy (non-hydrogen) atoms. The Morgan fingerprint density at radius 1 is 0.750 bits per heavy atom. The molecule has 2 aromatic rings. The van der Waals surface area contributed by atoms with Crippen molar-refractivity contribution in [3.05, 3.63) is 69.8 Å². The molecule has 0 atom stereocenters. The first kappa shape index (κ1) is 14.8. The second kappa shape index (κ2) is 6.74. The van der Waals surface area contributed by atoms with Crippen LogP contribution in [0.15, 0.2) is 36.4 Å². The summed E-state index contributed by atoms with van der Waals surface area (Å²) in [6.45, 7) is 9.12. The Kier molecular flexibility index (Phi) is 5.00. The largest absolute Gasteiger partial charge is 0.0622 e. The van der Waals surface area contributed by atoms with Gasteiger partial charge in [0.2, 0.25) is 0 Å². The maximum atomic E-state index is 2.41. The van der Waals surface area contributed by atoms with Crippen LogP contribution in [0.3, 0.4) is 0 Å². The fraction of sp³-hybridized carbons (Fsp3) is 0.400. The zero-order valence-corrected chi connectivity index (χ0v) is 13.3. The van der Waals surface area contributed by atoms with Crippen LogP contribution >= 0.6 is 0 Å². The number of hydrogen-bond donors (Lipinski definition) is 0. The molecule has 0 N–H and O–H groups in total. The molecule has 2 rings (SSSR count). The van der Waals surface area contributed by atoms with Gasteiger partial charge in [0, 0.05) is 0 Å². The molecule has 0 saturated carbocycles. The van der Waals surface area contributed by atoms with Crippen LogP contribution < -0.4 is 0 Å². The third-order valence-electron chi connectivity index (χ3n) is 4.29. The van der Waals surface area contributed by atoms with E-state index in [1.807, 2.05) is 0 Å². The molecule has 0 aliphatic heterocycles. The third-order valence-corrected chi connectivity index (χ3v) is 4.29. The minimum atomic E-state index is 1.06. The maximum Gasteiger partial charge on any atom is -0.00203 e. The fourth-order valence-electron chi connectivity index (χ4n) is 3.28. The summed E-state index contributed by atoms with van der Waals surface area (Å²) in [4.78, 5) is 0. The summed E-state index contributed by atoms with van der Waals surface area (Å²) in [6, 6.07) is 13.2. The van der Waals surface area contributed by atoms with Gasteiger partial charge in [0.25, 0.3) is 0 Å². The molecular formula is C20H26. The Bertz CT molecular complexity index is 564. The average Bonchev–Trinajstić information content (AvgIpc) is 2.49. The second-order valence-corrected chi connectivity index (χ2v) is 5.51. The fourth-order valence-corrected chi connectivity index (χ4v) is 3.28. The molecule has 0 aliphatic rings. The third kappa shape index (κ3) is 2.95. The Morgan fingerprint density at radius 2 is 1.40 bits per heavy atom. The summed E-state index contributed by atoms with van der Waals surface area (Å²) in [7, 11) is 0. The van der Waals surface area contributed by atoms with Crippen molar-refractivity contribution in [2.24, 2.45) is 0 Å². The van der Waals surface area contributed by atoms with Crippen molar-refractivity contribution in [1.29, 1.82) is 0 Å². The molecule has 0 aromatic heterocycles. The highest BCUT2D eigenvalue weighted by molar-refractivity contribution is 5.48. The smallest absolute Gasteiger partial charge is 0.00203 e. The summed E-state index contributed by atoms with van der Waals surface area (Å²) < 4.78 is 0. The first-order chi connectivity index (χ1) is 9.71. The van der Waals surface area contributed by atoms with Crippen LogP contribution in [0.5, 0.6) is 0 Å². The van der Waals surface area contributed by atoms with Crippen LogP contribution in [0.25, 0.3) is 0 Å². The van der Waals surface area contributed by atoms with Crippen molar-refractivity contribution >= 4 is 0 Å². The van der Waals surface area contributed by atoms with E-state index in [9.17, 15) is 0 Å². The highest BCUT2D eigenvalue weighted by atomic mass is 14.2. The van der Waals surface area contributed by atoms with Crippen molar-refractivity contribution in [2.75, 3.05) is 0 Å². The van der Waals surface area contributed by atoms with Gasteiger partial charge < -0.3 is 0 Å². The topological polar surface area (TPSA) is 0 Å². The van der Waals surface area contributed by atoms with Crippen LogP contribution in [-0.4, -0.2) is 0 Å². The van der Waals surface area contributed by atoms with Gasteiger partial charge in [-0.25, -0.2) is 0 Å². The predicted octanol–water partition coefficient (Wildman–Crippen LogP) is 5.27. The van der Waals surface area contributed by atoms with Crippen molar-refractivity contribution in [1.82, 2.24) is 0 Å². The standard InChI is InChI=1S/C20H26/c1-5-17-13-15(4)20(19(7-3)18(17)6-2)14-16-11-9-8-10-12-16/h8-13H,5-7,14H2,1-4H3. The molecule has 0 heterocycles. The predicted molar refractivity (Wildman–Crippen MR) is 88.6 cm³/mol. The highest BCUT2D eigenvalue weighted by Crippen LogP contribution is 2.27. The van der Waals surface area contributed by atoms with Gasteiger partial charge in [-0.2, -0.15) is 0 Å². The van der Waals surface area contributed by atoms with E-state index in [2.05, 4.69) is 64.1 Å². The van der Waals surface area contributed by atoms with Crippen molar-refractivity contribution < 1.29 is 0 Å². The van der Waals surface area contributed by atoms with Gasteiger partial charge in [0.05, 0.1) is 0 Å². The van der Waals surface area contributed by atoms with Crippen LogP contribution in [0.4, 0.5) is 0 Å².